The van der Waals surface area contributed by atoms with Gasteiger partial charge in [-0.2, -0.15) is 0 Å². The van der Waals surface area contributed by atoms with Gasteiger partial charge in [-0.3, -0.25) is 4.79 Å². The third-order valence-electron chi connectivity index (χ3n) is 3.12. The lowest BCUT2D eigenvalue weighted by Crippen LogP contribution is -2.16. The van der Waals surface area contributed by atoms with Crippen LogP contribution in [0.25, 0.3) is 10.8 Å². The van der Waals surface area contributed by atoms with Gasteiger partial charge < -0.3 is 0 Å². The average molecular weight is 305 g/mol. The van der Waals surface area contributed by atoms with Crippen molar-refractivity contribution in [1.82, 2.24) is 0 Å². The highest BCUT2D eigenvalue weighted by atomic mass is 79.9. The van der Waals surface area contributed by atoms with Gasteiger partial charge in [-0.25, -0.2) is 0 Å². The molecular formula is C16H17BrO. The summed E-state index contributed by atoms with van der Waals surface area (Å²) in [4.78, 5) is 11.8. The van der Waals surface area contributed by atoms with Crippen LogP contribution < -0.4 is 0 Å². The van der Waals surface area contributed by atoms with E-state index < -0.39 is 0 Å². The lowest BCUT2D eigenvalue weighted by Gasteiger charge is -2.10. The van der Waals surface area contributed by atoms with E-state index in [1.165, 1.54) is 16.3 Å². The second-order valence-electron chi connectivity index (χ2n) is 4.53. The molecule has 1 unspecified atom stereocenters. The molecule has 0 fully saturated rings. The molecule has 94 valence electrons. The summed E-state index contributed by atoms with van der Waals surface area (Å²) in [6.45, 7) is 2.04. The summed E-state index contributed by atoms with van der Waals surface area (Å²) in [6.07, 6.45) is 2.33. The SMILES string of the molecule is CCCC(=O)C(Br)Cc1cccc2ccccc12. The number of alkyl halides is 1. The van der Waals surface area contributed by atoms with Gasteiger partial charge in [-0.1, -0.05) is 65.3 Å². The second-order valence-corrected chi connectivity index (χ2v) is 5.63. The van der Waals surface area contributed by atoms with E-state index in [1.54, 1.807) is 0 Å². The molecule has 2 aromatic rings. The summed E-state index contributed by atoms with van der Waals surface area (Å²) < 4.78 is 0. The van der Waals surface area contributed by atoms with Crippen LogP contribution >= 0.6 is 15.9 Å². The van der Waals surface area contributed by atoms with Gasteiger partial charge in [0, 0.05) is 6.42 Å². The third-order valence-corrected chi connectivity index (χ3v) is 3.96. The Morgan fingerprint density at radius 3 is 2.67 bits per heavy atom. The molecule has 18 heavy (non-hydrogen) atoms. The molecule has 0 radical (unpaired) electrons. The van der Waals surface area contributed by atoms with Crippen molar-refractivity contribution in [2.24, 2.45) is 0 Å². The van der Waals surface area contributed by atoms with Crippen molar-refractivity contribution in [1.29, 1.82) is 0 Å². The summed E-state index contributed by atoms with van der Waals surface area (Å²) in [7, 11) is 0. The minimum Gasteiger partial charge on any atom is -0.298 e. The van der Waals surface area contributed by atoms with Crippen molar-refractivity contribution in [3.63, 3.8) is 0 Å². The fourth-order valence-electron chi connectivity index (χ4n) is 2.18. The van der Waals surface area contributed by atoms with Crippen LogP contribution in [-0.2, 0) is 11.2 Å². The lowest BCUT2D eigenvalue weighted by atomic mass is 9.99. The topological polar surface area (TPSA) is 17.1 Å². The normalized spacial score (nSPS) is 12.6. The van der Waals surface area contributed by atoms with Gasteiger partial charge in [0.25, 0.3) is 0 Å². The molecule has 1 nitrogen and oxygen atoms in total. The van der Waals surface area contributed by atoms with Crippen LogP contribution in [0.15, 0.2) is 42.5 Å². The summed E-state index contributed by atoms with van der Waals surface area (Å²) in [5, 5.41) is 2.48. The molecule has 0 aliphatic rings. The number of carbonyl (C=O) groups excluding carboxylic acids is 1. The zero-order valence-corrected chi connectivity index (χ0v) is 12.1. The Morgan fingerprint density at radius 1 is 1.17 bits per heavy atom. The van der Waals surface area contributed by atoms with Gasteiger partial charge in [0.2, 0.25) is 0 Å². The maximum absolute atomic E-state index is 11.8. The first-order chi connectivity index (χ1) is 8.72. The molecule has 0 saturated carbocycles. The van der Waals surface area contributed by atoms with Crippen molar-refractivity contribution < 1.29 is 4.79 Å². The van der Waals surface area contributed by atoms with Crippen molar-refractivity contribution in [2.75, 3.05) is 0 Å². The Hall–Kier alpha value is -1.15. The number of halogens is 1. The summed E-state index contributed by atoms with van der Waals surface area (Å²) in [5.74, 6) is 0.297. The summed E-state index contributed by atoms with van der Waals surface area (Å²) in [5.41, 5.74) is 1.24. The Balaban J connectivity index is 2.24. The Kier molecular flexibility index (Phi) is 4.54. The van der Waals surface area contributed by atoms with Gasteiger partial charge in [0.15, 0.2) is 0 Å². The minimum absolute atomic E-state index is 0.0664. The number of hydrogen-bond donors (Lipinski definition) is 0. The second kappa shape index (κ2) is 6.14. The predicted molar refractivity (Wildman–Crippen MR) is 80.3 cm³/mol. The molecule has 0 aliphatic carbocycles. The highest BCUT2D eigenvalue weighted by Gasteiger charge is 2.15. The highest BCUT2D eigenvalue weighted by molar-refractivity contribution is 9.10. The Bertz CT molecular complexity index is 542. The molecule has 0 aliphatic heterocycles. The summed E-state index contributed by atoms with van der Waals surface area (Å²) in [6, 6.07) is 14.6. The predicted octanol–water partition coefficient (Wildman–Crippen LogP) is 4.52. The molecule has 2 aromatic carbocycles. The number of hydrogen-bond acceptors (Lipinski definition) is 1. The van der Waals surface area contributed by atoms with Crippen LogP contribution in [-0.4, -0.2) is 10.6 Å². The Labute approximate surface area is 116 Å². The maximum Gasteiger partial charge on any atom is 0.146 e. The number of carbonyl (C=O) groups is 1. The number of rotatable bonds is 5. The maximum atomic E-state index is 11.8. The van der Waals surface area contributed by atoms with Crippen molar-refractivity contribution in [3.8, 4) is 0 Å². The van der Waals surface area contributed by atoms with E-state index in [0.29, 0.717) is 12.2 Å². The fourth-order valence-corrected chi connectivity index (χ4v) is 2.76. The molecule has 0 saturated heterocycles. The first-order valence-corrected chi connectivity index (χ1v) is 7.27. The molecule has 0 heterocycles. The van der Waals surface area contributed by atoms with E-state index in [1.807, 2.05) is 19.1 Å². The molecule has 0 N–H and O–H groups in total. The third kappa shape index (κ3) is 2.99. The van der Waals surface area contributed by atoms with Crippen molar-refractivity contribution in [2.45, 2.75) is 31.0 Å². The largest absolute Gasteiger partial charge is 0.298 e. The van der Waals surface area contributed by atoms with Crippen LogP contribution in [0.3, 0.4) is 0 Å². The quantitative estimate of drug-likeness (QED) is 0.743. The molecule has 0 spiro atoms. The van der Waals surface area contributed by atoms with Crippen LogP contribution in [0.5, 0.6) is 0 Å². The van der Waals surface area contributed by atoms with Gasteiger partial charge >= 0.3 is 0 Å². The van der Waals surface area contributed by atoms with E-state index >= 15 is 0 Å². The van der Waals surface area contributed by atoms with E-state index in [4.69, 9.17) is 0 Å². The molecule has 0 bridgehead atoms. The zero-order valence-electron chi connectivity index (χ0n) is 10.5. The highest BCUT2D eigenvalue weighted by Crippen LogP contribution is 2.22. The van der Waals surface area contributed by atoms with Crippen LogP contribution in [0.4, 0.5) is 0 Å². The molecule has 0 aromatic heterocycles. The molecule has 2 rings (SSSR count). The molecule has 0 amide bonds. The number of benzene rings is 2. The fraction of sp³-hybridized carbons (Fsp3) is 0.312. The van der Waals surface area contributed by atoms with Crippen LogP contribution in [0, 0.1) is 0 Å². The molecule has 1 atom stereocenters. The van der Waals surface area contributed by atoms with Gasteiger partial charge in [-0.05, 0) is 29.2 Å². The van der Waals surface area contributed by atoms with Gasteiger partial charge in [0.05, 0.1) is 4.83 Å². The molecular weight excluding hydrogens is 288 g/mol. The van der Waals surface area contributed by atoms with Gasteiger partial charge in [0.1, 0.15) is 5.78 Å². The zero-order chi connectivity index (χ0) is 13.0. The first-order valence-electron chi connectivity index (χ1n) is 6.35. The van der Waals surface area contributed by atoms with E-state index in [0.717, 1.165) is 12.8 Å². The number of ketones is 1. The average Bonchev–Trinajstić information content (AvgIpc) is 2.39. The van der Waals surface area contributed by atoms with Crippen molar-refractivity contribution >= 4 is 32.5 Å². The van der Waals surface area contributed by atoms with Crippen LogP contribution in [0.1, 0.15) is 25.3 Å². The lowest BCUT2D eigenvalue weighted by molar-refractivity contribution is -0.118. The number of Topliss-reactive ketones (excluding diaryl/α,β-unsaturated/α-hetero) is 1. The first kappa shape index (κ1) is 13.3. The monoisotopic (exact) mass is 304 g/mol. The number of fused-ring (bicyclic) bond motifs is 1. The minimum atomic E-state index is -0.0664. The van der Waals surface area contributed by atoms with Crippen LogP contribution in [0.2, 0.25) is 0 Å². The van der Waals surface area contributed by atoms with E-state index in [-0.39, 0.29) is 4.83 Å². The Morgan fingerprint density at radius 2 is 1.89 bits per heavy atom. The van der Waals surface area contributed by atoms with Crippen molar-refractivity contribution in [3.05, 3.63) is 48.0 Å². The smallest absolute Gasteiger partial charge is 0.146 e. The van der Waals surface area contributed by atoms with Gasteiger partial charge in [-0.15, -0.1) is 0 Å². The molecule has 2 heteroatoms. The standard InChI is InChI=1S/C16H17BrO/c1-2-6-16(18)15(17)11-13-9-5-8-12-7-3-4-10-14(12)13/h3-5,7-10,15H,2,6,11H2,1H3. The summed E-state index contributed by atoms with van der Waals surface area (Å²) >= 11 is 3.52. The van der Waals surface area contributed by atoms with E-state index in [9.17, 15) is 4.79 Å². The van der Waals surface area contributed by atoms with E-state index in [2.05, 4.69) is 46.3 Å².